The Morgan fingerprint density at radius 2 is 1.96 bits per heavy atom. The molecule has 4 nitrogen and oxygen atoms in total. The molecule has 0 aromatic heterocycles. The minimum atomic E-state index is -4.30. The molecule has 0 N–H and O–H groups in total. The molecule has 24 heavy (non-hydrogen) atoms. The Kier molecular flexibility index (Phi) is 6.10. The fourth-order valence-corrected chi connectivity index (χ4v) is 2.51. The number of unbranched alkanes of at least 4 members (excludes halogenated alkanes) is 3. The van der Waals surface area contributed by atoms with Gasteiger partial charge in [-0.1, -0.05) is 31.0 Å². The van der Waals surface area contributed by atoms with Gasteiger partial charge >= 0.3 is 12.3 Å². The lowest BCUT2D eigenvalue weighted by Gasteiger charge is -2.12. The summed E-state index contributed by atoms with van der Waals surface area (Å²) >= 11 is 0. The number of aryl methyl sites for hydroxylation is 1. The number of hydrogen-bond donors (Lipinski definition) is 0. The van der Waals surface area contributed by atoms with Gasteiger partial charge in [0.25, 0.3) is 0 Å². The molecule has 0 amide bonds. The summed E-state index contributed by atoms with van der Waals surface area (Å²) in [6.07, 6.45) is -0.410. The van der Waals surface area contributed by atoms with Crippen molar-refractivity contribution in [3.05, 3.63) is 35.4 Å². The highest BCUT2D eigenvalue weighted by Gasteiger charge is 2.49. The first kappa shape index (κ1) is 18.6. The number of carbonyl (C=O) groups is 1. The molecule has 1 heterocycles. The van der Waals surface area contributed by atoms with E-state index in [0.717, 1.165) is 31.7 Å². The van der Waals surface area contributed by atoms with Gasteiger partial charge in [-0.3, -0.25) is 0 Å². The molecule has 1 aromatic carbocycles. The SMILES string of the molecule is COC(=O)OC1(CCCCCCc2cccc(C(F)(F)F)c2)CO1. The minimum Gasteiger partial charge on any atom is -0.438 e. The van der Waals surface area contributed by atoms with Crippen molar-refractivity contribution < 1.29 is 32.2 Å². The molecule has 0 saturated carbocycles. The molecule has 1 atom stereocenters. The second kappa shape index (κ2) is 7.88. The fourth-order valence-electron chi connectivity index (χ4n) is 2.51. The zero-order valence-corrected chi connectivity index (χ0v) is 13.5. The van der Waals surface area contributed by atoms with Crippen LogP contribution in [0.15, 0.2) is 24.3 Å². The minimum absolute atomic E-state index is 0.381. The van der Waals surface area contributed by atoms with E-state index in [0.29, 0.717) is 25.0 Å². The van der Waals surface area contributed by atoms with Crippen LogP contribution >= 0.6 is 0 Å². The summed E-state index contributed by atoms with van der Waals surface area (Å²) in [6, 6.07) is 5.44. The molecule has 2 rings (SSSR count). The smallest absolute Gasteiger partial charge is 0.438 e. The summed E-state index contributed by atoms with van der Waals surface area (Å²) in [4.78, 5) is 11.1. The summed E-state index contributed by atoms with van der Waals surface area (Å²) in [5.74, 6) is -0.825. The van der Waals surface area contributed by atoms with E-state index >= 15 is 0 Å². The van der Waals surface area contributed by atoms with Crippen LogP contribution in [0.4, 0.5) is 18.0 Å². The summed E-state index contributed by atoms with van der Waals surface area (Å²) in [5.41, 5.74) is 0.0913. The summed E-state index contributed by atoms with van der Waals surface area (Å²) in [6.45, 7) is 0.381. The van der Waals surface area contributed by atoms with Crippen molar-refractivity contribution in [1.82, 2.24) is 0 Å². The van der Waals surface area contributed by atoms with Crippen molar-refractivity contribution in [3.63, 3.8) is 0 Å². The Bertz CT molecular complexity index is 553. The summed E-state index contributed by atoms with van der Waals surface area (Å²) in [5, 5.41) is 0. The van der Waals surface area contributed by atoms with E-state index in [1.54, 1.807) is 6.07 Å². The van der Waals surface area contributed by atoms with Crippen LogP contribution in [0.2, 0.25) is 0 Å². The van der Waals surface area contributed by atoms with Crippen molar-refractivity contribution in [2.45, 2.75) is 50.5 Å². The Labute approximate surface area is 138 Å². The van der Waals surface area contributed by atoms with Gasteiger partial charge in [0.15, 0.2) is 0 Å². The number of alkyl halides is 3. The highest BCUT2D eigenvalue weighted by Crippen LogP contribution is 2.35. The van der Waals surface area contributed by atoms with Crippen LogP contribution in [0.3, 0.4) is 0 Å². The monoisotopic (exact) mass is 346 g/mol. The number of halogens is 3. The number of epoxide rings is 1. The van der Waals surface area contributed by atoms with Crippen LogP contribution in [-0.2, 0) is 26.8 Å². The van der Waals surface area contributed by atoms with Gasteiger partial charge < -0.3 is 14.2 Å². The highest BCUT2D eigenvalue weighted by molar-refractivity contribution is 5.60. The van der Waals surface area contributed by atoms with Crippen LogP contribution in [0.5, 0.6) is 0 Å². The first-order chi connectivity index (χ1) is 11.3. The average Bonchev–Trinajstić information content (AvgIpc) is 3.29. The van der Waals surface area contributed by atoms with E-state index in [2.05, 4.69) is 4.74 Å². The van der Waals surface area contributed by atoms with Gasteiger partial charge in [-0.25, -0.2) is 4.79 Å². The molecule has 1 saturated heterocycles. The Morgan fingerprint density at radius 1 is 1.25 bits per heavy atom. The number of rotatable bonds is 8. The van der Waals surface area contributed by atoms with E-state index in [9.17, 15) is 18.0 Å². The summed E-state index contributed by atoms with van der Waals surface area (Å²) in [7, 11) is 1.24. The average molecular weight is 346 g/mol. The topological polar surface area (TPSA) is 48.1 Å². The van der Waals surface area contributed by atoms with Crippen molar-refractivity contribution in [3.8, 4) is 0 Å². The van der Waals surface area contributed by atoms with Gasteiger partial charge in [0.2, 0.25) is 5.79 Å². The molecule has 134 valence electrons. The molecule has 0 bridgehead atoms. The van der Waals surface area contributed by atoms with Crippen LogP contribution in [0.25, 0.3) is 0 Å². The molecular weight excluding hydrogens is 325 g/mol. The number of hydrogen-bond acceptors (Lipinski definition) is 4. The molecule has 0 aliphatic carbocycles. The standard InChI is InChI=1S/C17H21F3O4/c1-22-15(21)24-16(12-23-16)10-5-3-2-4-7-13-8-6-9-14(11-13)17(18,19)20/h6,8-9,11H,2-5,7,10,12H2,1H3. The number of carbonyl (C=O) groups excluding carboxylic acids is 1. The molecule has 1 aliphatic rings. The van der Waals surface area contributed by atoms with Crippen molar-refractivity contribution in [2.75, 3.05) is 13.7 Å². The number of benzene rings is 1. The largest absolute Gasteiger partial charge is 0.510 e. The van der Waals surface area contributed by atoms with Crippen molar-refractivity contribution >= 4 is 6.16 Å². The molecule has 1 aromatic rings. The third-order valence-corrected chi connectivity index (χ3v) is 3.93. The highest BCUT2D eigenvalue weighted by atomic mass is 19.4. The van der Waals surface area contributed by atoms with Crippen molar-refractivity contribution in [2.24, 2.45) is 0 Å². The second-order valence-corrected chi connectivity index (χ2v) is 5.87. The van der Waals surface area contributed by atoms with Gasteiger partial charge in [0, 0.05) is 6.42 Å². The van der Waals surface area contributed by atoms with Crippen molar-refractivity contribution in [1.29, 1.82) is 0 Å². The molecule has 1 unspecified atom stereocenters. The second-order valence-electron chi connectivity index (χ2n) is 5.87. The molecule has 0 radical (unpaired) electrons. The van der Waals surface area contributed by atoms with Gasteiger partial charge in [0.05, 0.1) is 12.7 Å². The van der Waals surface area contributed by atoms with Gasteiger partial charge in [-0.05, 0) is 30.9 Å². The lowest BCUT2D eigenvalue weighted by atomic mass is 10.0. The maximum Gasteiger partial charge on any atom is 0.510 e. The van der Waals surface area contributed by atoms with Crippen LogP contribution < -0.4 is 0 Å². The molecular formula is C17H21F3O4. The van der Waals surface area contributed by atoms with Crippen LogP contribution in [0, 0.1) is 0 Å². The normalized spacial score (nSPS) is 19.8. The van der Waals surface area contributed by atoms with E-state index in [1.807, 2.05) is 0 Å². The van der Waals surface area contributed by atoms with E-state index in [1.165, 1.54) is 19.2 Å². The summed E-state index contributed by atoms with van der Waals surface area (Å²) < 4.78 is 52.5. The van der Waals surface area contributed by atoms with Crippen LogP contribution in [-0.4, -0.2) is 25.7 Å². The Hall–Kier alpha value is -1.76. The zero-order valence-electron chi connectivity index (χ0n) is 13.5. The maximum absolute atomic E-state index is 12.6. The predicted molar refractivity (Wildman–Crippen MR) is 80.4 cm³/mol. The maximum atomic E-state index is 12.6. The molecule has 7 heteroatoms. The Balaban J connectivity index is 1.63. The number of ether oxygens (including phenoxy) is 3. The van der Waals surface area contributed by atoms with E-state index in [-0.39, 0.29) is 0 Å². The number of methoxy groups -OCH3 is 1. The molecule has 1 fully saturated rings. The molecule has 1 aliphatic heterocycles. The lowest BCUT2D eigenvalue weighted by molar-refractivity contribution is -0.137. The lowest BCUT2D eigenvalue weighted by Crippen LogP contribution is -2.21. The van der Waals surface area contributed by atoms with E-state index < -0.39 is 23.7 Å². The fraction of sp³-hybridized carbons (Fsp3) is 0.588. The quantitative estimate of drug-likeness (QED) is 0.389. The first-order valence-electron chi connectivity index (χ1n) is 7.92. The Morgan fingerprint density at radius 3 is 2.58 bits per heavy atom. The van der Waals surface area contributed by atoms with Crippen LogP contribution in [0.1, 0.15) is 43.2 Å². The third-order valence-electron chi connectivity index (χ3n) is 3.93. The molecule has 0 spiro atoms. The zero-order chi connectivity index (χ0) is 17.6. The first-order valence-corrected chi connectivity index (χ1v) is 7.92. The van der Waals surface area contributed by atoms with E-state index in [4.69, 9.17) is 9.47 Å². The van der Waals surface area contributed by atoms with Gasteiger partial charge in [0.1, 0.15) is 6.61 Å². The van der Waals surface area contributed by atoms with Gasteiger partial charge in [-0.2, -0.15) is 13.2 Å². The third kappa shape index (κ3) is 5.70. The predicted octanol–water partition coefficient (Wildman–Crippen LogP) is 4.71. The van der Waals surface area contributed by atoms with Gasteiger partial charge in [-0.15, -0.1) is 0 Å².